The normalized spacial score (nSPS) is 27.0. The fourth-order valence-electron chi connectivity index (χ4n) is 5.84. The van der Waals surface area contributed by atoms with Crippen molar-refractivity contribution in [2.45, 2.75) is 76.9 Å². The SMILES string of the molecule is CC[Si]1(c2ccc(C)cc2)CCC(CCC2CC=C(c3cccc(F)c3)CC2)CC1. The second-order valence-electron chi connectivity index (χ2n) is 9.90. The summed E-state index contributed by atoms with van der Waals surface area (Å²) in [5.74, 6) is 1.65. The highest BCUT2D eigenvalue weighted by Gasteiger charge is 2.37. The Labute approximate surface area is 183 Å². The highest BCUT2D eigenvalue weighted by atomic mass is 28.3. The lowest BCUT2D eigenvalue weighted by molar-refractivity contribution is 0.353. The molecule has 160 valence electrons. The summed E-state index contributed by atoms with van der Waals surface area (Å²) in [6.07, 6.45) is 11.6. The van der Waals surface area contributed by atoms with Gasteiger partial charge in [-0.25, -0.2) is 4.39 Å². The predicted octanol–water partition coefficient (Wildman–Crippen LogP) is 7.88. The first-order chi connectivity index (χ1) is 14.6. The molecule has 1 fully saturated rings. The van der Waals surface area contributed by atoms with E-state index in [0.29, 0.717) is 0 Å². The van der Waals surface area contributed by atoms with Gasteiger partial charge in [-0.05, 0) is 67.7 Å². The van der Waals surface area contributed by atoms with Gasteiger partial charge >= 0.3 is 0 Å². The molecule has 2 heteroatoms. The Morgan fingerprint density at radius 3 is 2.30 bits per heavy atom. The molecule has 30 heavy (non-hydrogen) atoms. The van der Waals surface area contributed by atoms with E-state index in [1.807, 2.05) is 6.07 Å². The molecule has 0 nitrogen and oxygen atoms in total. The Kier molecular flexibility index (Phi) is 6.93. The van der Waals surface area contributed by atoms with Crippen LogP contribution in [0.3, 0.4) is 0 Å². The first-order valence-corrected chi connectivity index (χ1v) is 14.7. The topological polar surface area (TPSA) is 0 Å². The molecule has 1 heterocycles. The molecule has 1 aliphatic heterocycles. The molecule has 0 amide bonds. The minimum Gasteiger partial charge on any atom is -0.207 e. The van der Waals surface area contributed by atoms with Crippen molar-refractivity contribution in [2.24, 2.45) is 11.8 Å². The second-order valence-corrected chi connectivity index (χ2v) is 14.7. The molecule has 1 unspecified atom stereocenters. The van der Waals surface area contributed by atoms with E-state index in [0.717, 1.165) is 23.8 Å². The third-order valence-corrected chi connectivity index (χ3v) is 13.5. The number of hydrogen-bond acceptors (Lipinski definition) is 0. The molecule has 2 aliphatic rings. The maximum Gasteiger partial charge on any atom is 0.123 e. The third-order valence-electron chi connectivity index (χ3n) is 8.10. The maximum absolute atomic E-state index is 13.5. The number of benzene rings is 2. The van der Waals surface area contributed by atoms with Gasteiger partial charge in [0.1, 0.15) is 5.82 Å². The van der Waals surface area contributed by atoms with Gasteiger partial charge in [-0.1, -0.05) is 97.5 Å². The van der Waals surface area contributed by atoms with E-state index in [4.69, 9.17) is 0 Å². The summed E-state index contributed by atoms with van der Waals surface area (Å²) in [7, 11) is -1.26. The minimum absolute atomic E-state index is 0.120. The number of rotatable bonds is 6. The Bertz CT molecular complexity index is 858. The Hall–Kier alpha value is -1.67. The Balaban J connectivity index is 1.27. The van der Waals surface area contributed by atoms with Crippen molar-refractivity contribution in [2.75, 3.05) is 0 Å². The molecule has 4 rings (SSSR count). The molecular weight excluding hydrogens is 383 g/mol. The molecule has 0 spiro atoms. The summed E-state index contributed by atoms with van der Waals surface area (Å²) in [4.78, 5) is 0. The summed E-state index contributed by atoms with van der Waals surface area (Å²) >= 11 is 0. The van der Waals surface area contributed by atoms with Crippen LogP contribution in [0.15, 0.2) is 54.6 Å². The molecule has 2 aromatic carbocycles. The average Bonchev–Trinajstić information content (AvgIpc) is 2.79. The molecular formula is C28H37FSi. The van der Waals surface area contributed by atoms with Gasteiger partial charge in [0.15, 0.2) is 0 Å². The van der Waals surface area contributed by atoms with E-state index in [-0.39, 0.29) is 5.82 Å². The third kappa shape index (κ3) is 4.96. The van der Waals surface area contributed by atoms with Gasteiger partial charge in [0.05, 0.1) is 8.07 Å². The van der Waals surface area contributed by atoms with Crippen molar-refractivity contribution in [1.82, 2.24) is 0 Å². The van der Waals surface area contributed by atoms with E-state index >= 15 is 0 Å². The molecule has 0 bridgehead atoms. The van der Waals surface area contributed by atoms with Crippen LogP contribution < -0.4 is 5.19 Å². The van der Waals surface area contributed by atoms with Gasteiger partial charge in [0.2, 0.25) is 0 Å². The smallest absolute Gasteiger partial charge is 0.123 e. The van der Waals surface area contributed by atoms with Crippen molar-refractivity contribution in [3.8, 4) is 0 Å². The first kappa shape index (κ1) is 21.6. The summed E-state index contributed by atoms with van der Waals surface area (Å²) in [6, 6.07) is 21.0. The first-order valence-electron chi connectivity index (χ1n) is 12.1. The van der Waals surface area contributed by atoms with E-state index in [2.05, 4.69) is 50.3 Å². The molecule has 1 aliphatic carbocycles. The van der Waals surface area contributed by atoms with Crippen LogP contribution in [0.4, 0.5) is 4.39 Å². The highest BCUT2D eigenvalue weighted by molar-refractivity contribution is 6.92. The Morgan fingerprint density at radius 1 is 0.933 bits per heavy atom. The summed E-state index contributed by atoms with van der Waals surface area (Å²) in [5, 5.41) is 1.70. The van der Waals surface area contributed by atoms with Gasteiger partial charge in [0, 0.05) is 0 Å². The monoisotopic (exact) mass is 420 g/mol. The molecule has 2 aromatic rings. The number of hydrogen-bond donors (Lipinski definition) is 0. The average molecular weight is 421 g/mol. The van der Waals surface area contributed by atoms with Crippen LogP contribution in [0.1, 0.15) is 63.0 Å². The van der Waals surface area contributed by atoms with Crippen molar-refractivity contribution in [1.29, 1.82) is 0 Å². The molecule has 0 saturated carbocycles. The number of aryl methyl sites for hydroxylation is 1. The van der Waals surface area contributed by atoms with Crippen LogP contribution in [0, 0.1) is 24.6 Å². The van der Waals surface area contributed by atoms with Crippen LogP contribution in [0.2, 0.25) is 18.1 Å². The van der Waals surface area contributed by atoms with Crippen molar-refractivity contribution in [3.63, 3.8) is 0 Å². The van der Waals surface area contributed by atoms with Gasteiger partial charge in [0.25, 0.3) is 0 Å². The summed E-state index contributed by atoms with van der Waals surface area (Å²) in [5.41, 5.74) is 3.81. The maximum atomic E-state index is 13.5. The molecule has 0 radical (unpaired) electrons. The van der Waals surface area contributed by atoms with Gasteiger partial charge in [-0.2, -0.15) is 0 Å². The van der Waals surface area contributed by atoms with Gasteiger partial charge in [-0.3, -0.25) is 0 Å². The van der Waals surface area contributed by atoms with Crippen LogP contribution in [0.25, 0.3) is 5.57 Å². The fraction of sp³-hybridized carbons (Fsp3) is 0.500. The second kappa shape index (κ2) is 9.64. The molecule has 1 atom stereocenters. The lowest BCUT2D eigenvalue weighted by Gasteiger charge is -2.39. The van der Waals surface area contributed by atoms with Gasteiger partial charge in [-0.15, -0.1) is 0 Å². The molecule has 0 N–H and O–H groups in total. The lowest BCUT2D eigenvalue weighted by atomic mass is 9.82. The van der Waals surface area contributed by atoms with Crippen molar-refractivity contribution in [3.05, 3.63) is 71.6 Å². The van der Waals surface area contributed by atoms with E-state index in [1.165, 1.54) is 73.9 Å². The predicted molar refractivity (Wildman–Crippen MR) is 130 cm³/mol. The van der Waals surface area contributed by atoms with Crippen LogP contribution in [-0.2, 0) is 0 Å². The van der Waals surface area contributed by atoms with E-state index in [9.17, 15) is 4.39 Å². The minimum atomic E-state index is -1.26. The Morgan fingerprint density at radius 2 is 1.67 bits per heavy atom. The largest absolute Gasteiger partial charge is 0.207 e. The van der Waals surface area contributed by atoms with Crippen molar-refractivity contribution >= 4 is 18.8 Å². The molecule has 0 aromatic heterocycles. The van der Waals surface area contributed by atoms with E-state index in [1.54, 1.807) is 11.3 Å². The van der Waals surface area contributed by atoms with Crippen LogP contribution in [-0.4, -0.2) is 8.07 Å². The van der Waals surface area contributed by atoms with Crippen LogP contribution >= 0.6 is 0 Å². The lowest BCUT2D eigenvalue weighted by Crippen LogP contribution is -2.49. The zero-order valence-electron chi connectivity index (χ0n) is 18.8. The zero-order chi connectivity index (χ0) is 21.0. The van der Waals surface area contributed by atoms with Crippen LogP contribution in [0.5, 0.6) is 0 Å². The summed E-state index contributed by atoms with van der Waals surface area (Å²) in [6.45, 7) is 4.64. The fourth-order valence-corrected chi connectivity index (χ4v) is 10.6. The number of allylic oxidation sites excluding steroid dienone is 2. The van der Waals surface area contributed by atoms with Crippen molar-refractivity contribution < 1.29 is 4.39 Å². The number of halogens is 1. The summed E-state index contributed by atoms with van der Waals surface area (Å²) < 4.78 is 13.5. The highest BCUT2D eigenvalue weighted by Crippen LogP contribution is 2.39. The van der Waals surface area contributed by atoms with Gasteiger partial charge < -0.3 is 0 Å². The quantitative estimate of drug-likeness (QED) is 0.417. The zero-order valence-corrected chi connectivity index (χ0v) is 19.8. The van der Waals surface area contributed by atoms with E-state index < -0.39 is 8.07 Å². The standard InChI is InChI=1S/C28H37FSi/c1-3-30(28-15-7-22(2)8-16-28)19-17-24(18-20-30)10-9-23-11-13-25(14-12-23)26-5-4-6-27(29)21-26/h4-8,13,15-16,21,23-24H,3,9-12,14,17-20H2,1-2H3. The molecule has 1 saturated heterocycles.